The molecule has 0 saturated carbocycles. The molecule has 0 radical (unpaired) electrons. The van der Waals surface area contributed by atoms with Crippen molar-refractivity contribution in [2.45, 2.75) is 17.9 Å². The second kappa shape index (κ2) is 6.31. The molecule has 0 aliphatic rings. The lowest BCUT2D eigenvalue weighted by atomic mass is 10.1. The molecule has 0 fully saturated rings. The molecule has 94 valence electrons. The van der Waals surface area contributed by atoms with Gasteiger partial charge in [0.05, 0.1) is 0 Å². The van der Waals surface area contributed by atoms with E-state index in [1.54, 1.807) is 18.2 Å². The summed E-state index contributed by atoms with van der Waals surface area (Å²) in [6.07, 6.45) is 3.08. The first-order valence-electron chi connectivity index (χ1n) is 5.88. The van der Waals surface area contributed by atoms with Crippen LogP contribution in [0, 0.1) is 5.21 Å². The number of nitrogens with zero attached hydrogens (tertiary/aromatic N) is 1. The molecule has 18 heavy (non-hydrogen) atoms. The van der Waals surface area contributed by atoms with E-state index in [4.69, 9.17) is 0 Å². The fraction of sp³-hybridized carbons (Fsp3) is 0.214. The number of hydrogen-bond acceptors (Lipinski definition) is 2. The number of benzene rings is 1. The Kier molecular flexibility index (Phi) is 4.47. The highest BCUT2D eigenvalue weighted by Crippen LogP contribution is 2.06. The van der Waals surface area contributed by atoms with Gasteiger partial charge in [0.1, 0.15) is 10.8 Å². The summed E-state index contributed by atoms with van der Waals surface area (Å²) < 4.78 is 12.6. The predicted molar refractivity (Wildman–Crippen MR) is 71.4 cm³/mol. The minimum atomic E-state index is -1.22. The lowest BCUT2D eigenvalue weighted by Gasteiger charge is -2.04. The Bertz CT molecular complexity index is 528. The average molecular weight is 261 g/mol. The molecule has 0 saturated heterocycles. The van der Waals surface area contributed by atoms with Crippen molar-refractivity contribution in [2.75, 3.05) is 5.75 Å². The summed E-state index contributed by atoms with van der Waals surface area (Å²) in [6.45, 7) is 0. The Morgan fingerprint density at radius 1 is 1.06 bits per heavy atom. The molecule has 0 aliphatic heterocycles. The van der Waals surface area contributed by atoms with Crippen LogP contribution in [0.5, 0.6) is 0 Å². The maximum atomic E-state index is 11.9. The van der Waals surface area contributed by atoms with Crippen molar-refractivity contribution in [1.29, 1.82) is 0 Å². The Hall–Kier alpha value is -1.68. The van der Waals surface area contributed by atoms with Crippen molar-refractivity contribution in [3.8, 4) is 0 Å². The van der Waals surface area contributed by atoms with E-state index < -0.39 is 10.8 Å². The quantitative estimate of drug-likeness (QED) is 0.611. The molecule has 0 aliphatic carbocycles. The molecule has 1 aromatic heterocycles. The molecule has 1 unspecified atom stereocenters. The lowest BCUT2D eigenvalue weighted by Crippen LogP contribution is -2.31. The van der Waals surface area contributed by atoms with E-state index in [0.29, 0.717) is 15.5 Å². The van der Waals surface area contributed by atoms with Gasteiger partial charge in [-0.15, -0.1) is 0 Å². The summed E-state index contributed by atoms with van der Waals surface area (Å²) in [5, 5.41) is 11.8. The fourth-order valence-corrected chi connectivity index (χ4v) is 2.85. The molecule has 1 atom stereocenters. The zero-order valence-electron chi connectivity index (χ0n) is 9.99. The van der Waals surface area contributed by atoms with Gasteiger partial charge in [-0.1, -0.05) is 30.3 Å². The van der Waals surface area contributed by atoms with Crippen molar-refractivity contribution in [1.82, 2.24) is 0 Å². The molecule has 1 heterocycles. The van der Waals surface area contributed by atoms with Crippen LogP contribution in [0.3, 0.4) is 0 Å². The lowest BCUT2D eigenvalue weighted by molar-refractivity contribution is -0.646. The zero-order chi connectivity index (χ0) is 12.8. The number of pyridine rings is 1. The fourth-order valence-electron chi connectivity index (χ4n) is 1.75. The van der Waals surface area contributed by atoms with Crippen molar-refractivity contribution in [3.05, 3.63) is 65.5 Å². The third-order valence-electron chi connectivity index (χ3n) is 2.66. The van der Waals surface area contributed by atoms with Gasteiger partial charge < -0.3 is 5.21 Å². The number of hydrogen-bond donors (Lipinski definition) is 0. The molecule has 0 bridgehead atoms. The summed E-state index contributed by atoms with van der Waals surface area (Å²) in [7, 11) is -1.22. The van der Waals surface area contributed by atoms with Gasteiger partial charge in [0.2, 0.25) is 0 Å². The SMILES string of the molecule is O=S(CCCc1ccccc1)c1cccc[n+]1[O-]. The van der Waals surface area contributed by atoms with Gasteiger partial charge in [-0.25, -0.2) is 4.21 Å². The van der Waals surface area contributed by atoms with E-state index in [1.165, 1.54) is 11.8 Å². The van der Waals surface area contributed by atoms with Crippen LogP contribution in [0.15, 0.2) is 59.8 Å². The van der Waals surface area contributed by atoms with E-state index in [9.17, 15) is 9.42 Å². The maximum absolute atomic E-state index is 11.9. The molecule has 2 aromatic rings. The monoisotopic (exact) mass is 261 g/mol. The van der Waals surface area contributed by atoms with Crippen molar-refractivity contribution in [2.24, 2.45) is 0 Å². The highest BCUT2D eigenvalue weighted by atomic mass is 32.2. The highest BCUT2D eigenvalue weighted by molar-refractivity contribution is 7.84. The Morgan fingerprint density at radius 2 is 1.78 bits per heavy atom. The highest BCUT2D eigenvalue weighted by Gasteiger charge is 2.12. The van der Waals surface area contributed by atoms with Gasteiger partial charge in [0, 0.05) is 17.9 Å². The summed E-state index contributed by atoms with van der Waals surface area (Å²) in [4.78, 5) is 0. The van der Waals surface area contributed by atoms with E-state index in [1.807, 2.05) is 18.2 Å². The molecule has 0 N–H and O–H groups in total. The second-order valence-electron chi connectivity index (χ2n) is 4.00. The zero-order valence-corrected chi connectivity index (χ0v) is 10.8. The van der Waals surface area contributed by atoms with Gasteiger partial charge in [-0.3, -0.25) is 0 Å². The third-order valence-corrected chi connectivity index (χ3v) is 4.10. The van der Waals surface area contributed by atoms with Gasteiger partial charge in [-0.2, -0.15) is 4.73 Å². The van der Waals surface area contributed by atoms with E-state index >= 15 is 0 Å². The molecular formula is C14H15NO2S. The van der Waals surface area contributed by atoms with Crippen LogP contribution in [0.4, 0.5) is 0 Å². The minimum absolute atomic E-state index is 0.338. The molecular weight excluding hydrogens is 246 g/mol. The van der Waals surface area contributed by atoms with E-state index in [2.05, 4.69) is 12.1 Å². The Labute approximate surface area is 109 Å². The number of aryl methyl sites for hydroxylation is 1. The first-order valence-corrected chi connectivity index (χ1v) is 7.20. The van der Waals surface area contributed by atoms with Crippen LogP contribution in [-0.4, -0.2) is 9.96 Å². The normalized spacial score (nSPS) is 12.2. The molecule has 4 heteroatoms. The Balaban J connectivity index is 1.88. The summed E-state index contributed by atoms with van der Waals surface area (Å²) in [5.74, 6) is 0.515. The van der Waals surface area contributed by atoms with E-state index in [0.717, 1.165) is 12.8 Å². The van der Waals surface area contributed by atoms with Gasteiger partial charge in [-0.05, 0) is 24.5 Å². The molecule has 1 aromatic carbocycles. The molecule has 0 spiro atoms. The van der Waals surface area contributed by atoms with Crippen LogP contribution >= 0.6 is 0 Å². The largest absolute Gasteiger partial charge is 0.618 e. The standard InChI is InChI=1S/C14H15NO2S/c16-15-11-5-4-10-14(15)18(17)12-6-9-13-7-2-1-3-8-13/h1-5,7-8,10-11H,6,9,12H2. The maximum Gasteiger partial charge on any atom is 0.281 e. The van der Waals surface area contributed by atoms with Gasteiger partial charge in [0.25, 0.3) is 5.03 Å². The van der Waals surface area contributed by atoms with Crippen LogP contribution < -0.4 is 4.73 Å². The number of rotatable bonds is 5. The first-order chi connectivity index (χ1) is 8.77. The van der Waals surface area contributed by atoms with Crippen molar-refractivity contribution < 1.29 is 8.94 Å². The van der Waals surface area contributed by atoms with Crippen LogP contribution in [-0.2, 0) is 17.2 Å². The van der Waals surface area contributed by atoms with E-state index in [-0.39, 0.29) is 0 Å². The Morgan fingerprint density at radius 3 is 2.50 bits per heavy atom. The minimum Gasteiger partial charge on any atom is -0.618 e. The summed E-state index contributed by atoms with van der Waals surface area (Å²) in [6, 6.07) is 15.1. The molecule has 3 nitrogen and oxygen atoms in total. The summed E-state index contributed by atoms with van der Waals surface area (Å²) >= 11 is 0. The smallest absolute Gasteiger partial charge is 0.281 e. The first kappa shape index (κ1) is 12.8. The van der Waals surface area contributed by atoms with Crippen molar-refractivity contribution >= 4 is 10.8 Å². The topological polar surface area (TPSA) is 44.0 Å². The number of aromatic nitrogens is 1. The van der Waals surface area contributed by atoms with Gasteiger partial charge >= 0.3 is 0 Å². The third kappa shape index (κ3) is 3.40. The predicted octanol–water partition coefficient (Wildman–Crippen LogP) is 2.06. The average Bonchev–Trinajstić information content (AvgIpc) is 2.40. The summed E-state index contributed by atoms with van der Waals surface area (Å²) in [5.41, 5.74) is 1.23. The van der Waals surface area contributed by atoms with Crippen LogP contribution in [0.25, 0.3) is 0 Å². The van der Waals surface area contributed by atoms with Crippen LogP contribution in [0.1, 0.15) is 12.0 Å². The van der Waals surface area contributed by atoms with Gasteiger partial charge in [0.15, 0.2) is 6.20 Å². The van der Waals surface area contributed by atoms with Crippen molar-refractivity contribution in [3.63, 3.8) is 0 Å². The van der Waals surface area contributed by atoms with Crippen LogP contribution in [0.2, 0.25) is 0 Å². The molecule has 0 amide bonds. The second-order valence-corrected chi connectivity index (χ2v) is 5.52. The molecule has 2 rings (SSSR count).